The van der Waals surface area contributed by atoms with Crippen LogP contribution in [0.1, 0.15) is 33.6 Å². The Hall–Kier alpha value is -3.42. The molecular weight excluding hydrogens is 366 g/mol. The predicted octanol–water partition coefficient (Wildman–Crippen LogP) is 4.52. The molecule has 3 aromatic rings. The molecule has 28 heavy (non-hydrogen) atoms. The van der Waals surface area contributed by atoms with Crippen LogP contribution in [0.25, 0.3) is 0 Å². The Balaban J connectivity index is 1.61. The number of rotatable bonds is 6. The van der Waals surface area contributed by atoms with Crippen molar-refractivity contribution in [3.63, 3.8) is 0 Å². The SMILES string of the molecule is Cc1ccc(Oc2ccc(NNC(=O)c3cn(C)nc3C(F)F)cc2)cc1C. The first-order chi connectivity index (χ1) is 13.3. The summed E-state index contributed by atoms with van der Waals surface area (Å²) in [5.74, 6) is 0.666. The number of carbonyl (C=O) groups is 1. The third-order valence-corrected chi connectivity index (χ3v) is 4.20. The molecule has 0 unspecified atom stereocenters. The Labute approximate surface area is 161 Å². The lowest BCUT2D eigenvalue weighted by atomic mass is 10.1. The maximum absolute atomic E-state index is 12.9. The molecule has 0 atom stereocenters. The Morgan fingerprint density at radius 1 is 1.07 bits per heavy atom. The van der Waals surface area contributed by atoms with E-state index in [-0.39, 0.29) is 5.56 Å². The molecule has 6 nitrogen and oxygen atoms in total. The highest BCUT2D eigenvalue weighted by Gasteiger charge is 2.22. The lowest BCUT2D eigenvalue weighted by Crippen LogP contribution is -2.29. The molecular formula is C20H20F2N4O2. The van der Waals surface area contributed by atoms with Gasteiger partial charge >= 0.3 is 0 Å². The van der Waals surface area contributed by atoms with Gasteiger partial charge in [0.15, 0.2) is 0 Å². The van der Waals surface area contributed by atoms with Crippen LogP contribution in [-0.4, -0.2) is 15.7 Å². The van der Waals surface area contributed by atoms with Crippen molar-refractivity contribution in [2.24, 2.45) is 7.05 Å². The number of carbonyl (C=O) groups excluding carboxylic acids is 1. The van der Waals surface area contributed by atoms with Crippen molar-refractivity contribution in [2.45, 2.75) is 20.3 Å². The molecule has 2 N–H and O–H groups in total. The lowest BCUT2D eigenvalue weighted by Gasteiger charge is -2.11. The number of nitrogens with zero attached hydrogens (tertiary/aromatic N) is 2. The number of alkyl halides is 2. The van der Waals surface area contributed by atoms with Crippen molar-refractivity contribution < 1.29 is 18.3 Å². The number of nitrogens with one attached hydrogen (secondary N) is 2. The van der Waals surface area contributed by atoms with Gasteiger partial charge in [-0.3, -0.25) is 20.3 Å². The van der Waals surface area contributed by atoms with Crippen LogP contribution in [0, 0.1) is 13.8 Å². The first-order valence-corrected chi connectivity index (χ1v) is 8.56. The van der Waals surface area contributed by atoms with Gasteiger partial charge in [0, 0.05) is 13.2 Å². The third-order valence-electron chi connectivity index (χ3n) is 4.20. The molecule has 8 heteroatoms. The first kappa shape index (κ1) is 19.3. The number of hydrogen-bond donors (Lipinski definition) is 2. The van der Waals surface area contributed by atoms with E-state index in [9.17, 15) is 13.6 Å². The minimum atomic E-state index is -2.83. The van der Waals surface area contributed by atoms with Gasteiger partial charge in [-0.15, -0.1) is 0 Å². The number of aromatic nitrogens is 2. The van der Waals surface area contributed by atoms with Crippen LogP contribution in [0.5, 0.6) is 11.5 Å². The van der Waals surface area contributed by atoms with E-state index in [1.807, 2.05) is 32.0 Å². The Bertz CT molecular complexity index is 984. The van der Waals surface area contributed by atoms with Gasteiger partial charge in [0.05, 0.1) is 11.3 Å². The number of amides is 1. The van der Waals surface area contributed by atoms with Crippen LogP contribution < -0.4 is 15.6 Å². The second-order valence-corrected chi connectivity index (χ2v) is 6.35. The number of aryl methyl sites for hydroxylation is 3. The van der Waals surface area contributed by atoms with Gasteiger partial charge in [0.25, 0.3) is 12.3 Å². The van der Waals surface area contributed by atoms with Crippen LogP contribution in [0.15, 0.2) is 48.7 Å². The molecule has 0 radical (unpaired) electrons. The quantitative estimate of drug-likeness (QED) is 0.611. The molecule has 0 aliphatic rings. The molecule has 1 heterocycles. The van der Waals surface area contributed by atoms with Crippen LogP contribution in [-0.2, 0) is 7.05 Å². The second kappa shape index (κ2) is 8.08. The number of hydrazine groups is 1. The summed E-state index contributed by atoms with van der Waals surface area (Å²) in [5.41, 5.74) is 7.24. The molecule has 0 bridgehead atoms. The molecule has 0 saturated carbocycles. The van der Waals surface area contributed by atoms with Crippen LogP contribution in [0.4, 0.5) is 14.5 Å². The molecule has 0 aliphatic heterocycles. The van der Waals surface area contributed by atoms with E-state index in [2.05, 4.69) is 16.0 Å². The maximum Gasteiger partial charge on any atom is 0.282 e. The fourth-order valence-corrected chi connectivity index (χ4v) is 2.56. The summed E-state index contributed by atoms with van der Waals surface area (Å²) >= 11 is 0. The average Bonchev–Trinajstić information content (AvgIpc) is 3.06. The molecule has 1 aromatic heterocycles. The van der Waals surface area contributed by atoms with Crippen molar-refractivity contribution in [2.75, 3.05) is 5.43 Å². The van der Waals surface area contributed by atoms with E-state index in [1.54, 1.807) is 24.3 Å². The summed E-state index contributed by atoms with van der Waals surface area (Å²) in [6.45, 7) is 4.04. The maximum atomic E-state index is 12.9. The summed E-state index contributed by atoms with van der Waals surface area (Å²) in [5, 5.41) is 3.61. The highest BCUT2D eigenvalue weighted by atomic mass is 19.3. The first-order valence-electron chi connectivity index (χ1n) is 8.56. The standard InChI is InChI=1S/C20H20F2N4O2/c1-12-4-7-16(10-13(12)2)28-15-8-5-14(6-9-15)23-24-20(27)17-11-26(3)25-18(17)19(21)22/h4-11,19,23H,1-3H3,(H,24,27). The van der Waals surface area contributed by atoms with Gasteiger partial charge in [0.1, 0.15) is 17.2 Å². The van der Waals surface area contributed by atoms with Gasteiger partial charge < -0.3 is 4.74 Å². The van der Waals surface area contributed by atoms with Gasteiger partial charge in [-0.05, 0) is 61.4 Å². The van der Waals surface area contributed by atoms with Crippen molar-refractivity contribution in [1.82, 2.24) is 15.2 Å². The Morgan fingerprint density at radius 2 is 1.75 bits per heavy atom. The molecule has 0 fully saturated rings. The zero-order valence-electron chi connectivity index (χ0n) is 15.7. The van der Waals surface area contributed by atoms with Gasteiger partial charge in [0.2, 0.25) is 0 Å². The average molecular weight is 386 g/mol. The molecule has 0 aliphatic carbocycles. The van der Waals surface area contributed by atoms with Crippen LogP contribution in [0.2, 0.25) is 0 Å². The van der Waals surface area contributed by atoms with E-state index in [0.717, 1.165) is 11.3 Å². The normalized spacial score (nSPS) is 10.8. The minimum absolute atomic E-state index is 0.181. The number of hydrogen-bond acceptors (Lipinski definition) is 4. The second-order valence-electron chi connectivity index (χ2n) is 6.35. The summed E-state index contributed by atoms with van der Waals surface area (Å²) in [4.78, 5) is 12.1. The zero-order valence-corrected chi connectivity index (χ0v) is 15.7. The van der Waals surface area contributed by atoms with E-state index < -0.39 is 18.0 Å². The number of ether oxygens (including phenoxy) is 1. The lowest BCUT2D eigenvalue weighted by molar-refractivity contribution is 0.0948. The molecule has 146 valence electrons. The van der Waals surface area contributed by atoms with Crippen molar-refractivity contribution >= 4 is 11.6 Å². The predicted molar refractivity (Wildman–Crippen MR) is 102 cm³/mol. The van der Waals surface area contributed by atoms with Gasteiger partial charge in [-0.2, -0.15) is 5.10 Å². The van der Waals surface area contributed by atoms with Crippen molar-refractivity contribution in [1.29, 1.82) is 0 Å². The fourth-order valence-electron chi connectivity index (χ4n) is 2.56. The number of anilines is 1. The topological polar surface area (TPSA) is 68.2 Å². The minimum Gasteiger partial charge on any atom is -0.457 e. The third kappa shape index (κ3) is 4.46. The van der Waals surface area contributed by atoms with Gasteiger partial charge in [-0.1, -0.05) is 6.07 Å². The zero-order chi connectivity index (χ0) is 20.3. The summed E-state index contributed by atoms with van der Waals surface area (Å²) in [6, 6.07) is 12.7. The van der Waals surface area contributed by atoms with Crippen LogP contribution in [0.3, 0.4) is 0 Å². The Morgan fingerprint density at radius 3 is 2.39 bits per heavy atom. The molecule has 1 amide bonds. The summed E-state index contributed by atoms with van der Waals surface area (Å²) in [7, 11) is 1.48. The van der Waals surface area contributed by atoms with E-state index in [1.165, 1.54) is 23.5 Å². The Kier molecular flexibility index (Phi) is 5.58. The van der Waals surface area contributed by atoms with Crippen molar-refractivity contribution in [3.05, 3.63) is 71.0 Å². The van der Waals surface area contributed by atoms with Gasteiger partial charge in [-0.25, -0.2) is 8.78 Å². The highest BCUT2D eigenvalue weighted by molar-refractivity contribution is 5.95. The largest absolute Gasteiger partial charge is 0.457 e. The van der Waals surface area contributed by atoms with Crippen molar-refractivity contribution in [3.8, 4) is 11.5 Å². The highest BCUT2D eigenvalue weighted by Crippen LogP contribution is 2.25. The molecule has 2 aromatic carbocycles. The smallest absolute Gasteiger partial charge is 0.282 e. The molecule has 3 rings (SSSR count). The van der Waals surface area contributed by atoms with Crippen LogP contribution >= 0.6 is 0 Å². The fraction of sp³-hybridized carbons (Fsp3) is 0.200. The van der Waals surface area contributed by atoms with E-state index in [4.69, 9.17) is 4.74 Å². The molecule has 0 saturated heterocycles. The number of halogens is 2. The van der Waals surface area contributed by atoms with E-state index >= 15 is 0 Å². The monoisotopic (exact) mass is 386 g/mol. The molecule has 0 spiro atoms. The summed E-state index contributed by atoms with van der Waals surface area (Å²) < 4.78 is 32.9. The number of benzene rings is 2. The van der Waals surface area contributed by atoms with E-state index in [0.29, 0.717) is 11.4 Å². The summed E-state index contributed by atoms with van der Waals surface area (Å²) in [6.07, 6.45) is -1.58.